The lowest BCUT2D eigenvalue weighted by atomic mass is 9.94. The smallest absolute Gasteiger partial charge is 0.310 e. The molecule has 0 aromatic heterocycles. The molecule has 0 bridgehead atoms. The van der Waals surface area contributed by atoms with Crippen molar-refractivity contribution in [3.63, 3.8) is 0 Å². The summed E-state index contributed by atoms with van der Waals surface area (Å²) in [5.41, 5.74) is -0.802. The predicted octanol–water partition coefficient (Wildman–Crippen LogP) is 2.42. The fourth-order valence-corrected chi connectivity index (χ4v) is 2.59. The zero-order chi connectivity index (χ0) is 19.0. The van der Waals surface area contributed by atoms with Crippen LogP contribution in [0.5, 0.6) is 0 Å². The van der Waals surface area contributed by atoms with Gasteiger partial charge in [-0.1, -0.05) is 23.7 Å². The lowest BCUT2D eigenvalue weighted by Gasteiger charge is -2.23. The van der Waals surface area contributed by atoms with Gasteiger partial charge in [0.1, 0.15) is 6.04 Å². The van der Waals surface area contributed by atoms with Crippen molar-refractivity contribution < 1.29 is 19.5 Å². The summed E-state index contributed by atoms with van der Waals surface area (Å²) in [6.45, 7) is 3.02. The highest BCUT2D eigenvalue weighted by atomic mass is 35.5. The summed E-state index contributed by atoms with van der Waals surface area (Å²) in [6, 6.07) is 5.82. The molecule has 1 rings (SSSR count). The number of benzene rings is 1. The van der Waals surface area contributed by atoms with Gasteiger partial charge in [0.15, 0.2) is 0 Å². The van der Waals surface area contributed by atoms with Crippen molar-refractivity contribution in [2.24, 2.45) is 5.41 Å². The van der Waals surface area contributed by atoms with Crippen molar-refractivity contribution in [1.82, 2.24) is 10.6 Å². The number of rotatable bonds is 9. The Bertz CT molecular complexity index is 637. The van der Waals surface area contributed by atoms with Crippen molar-refractivity contribution in [2.45, 2.75) is 26.3 Å². The number of thioether (sulfide) groups is 1. The maximum Gasteiger partial charge on any atom is 0.310 e. The summed E-state index contributed by atoms with van der Waals surface area (Å²) in [7, 11) is 0. The van der Waals surface area contributed by atoms with E-state index in [1.807, 2.05) is 6.26 Å². The third kappa shape index (κ3) is 6.59. The molecule has 0 heterocycles. The molecule has 0 radical (unpaired) electrons. The Morgan fingerprint density at radius 1 is 1.28 bits per heavy atom. The van der Waals surface area contributed by atoms with Crippen LogP contribution in [-0.4, -0.2) is 47.5 Å². The number of carboxylic acids is 1. The molecule has 2 amide bonds. The van der Waals surface area contributed by atoms with Crippen LogP contribution < -0.4 is 10.6 Å². The SMILES string of the molecule is CSCCC(NC(=O)c1ccccc1Cl)C(=O)NCC(C)(C)C(=O)O. The first-order chi connectivity index (χ1) is 11.7. The summed E-state index contributed by atoms with van der Waals surface area (Å²) >= 11 is 7.56. The van der Waals surface area contributed by atoms with E-state index in [0.29, 0.717) is 17.2 Å². The van der Waals surface area contributed by atoms with Gasteiger partial charge in [0, 0.05) is 6.54 Å². The second kappa shape index (κ2) is 9.68. The van der Waals surface area contributed by atoms with E-state index in [1.165, 1.54) is 13.8 Å². The Balaban J connectivity index is 2.79. The van der Waals surface area contributed by atoms with Crippen molar-refractivity contribution in [3.05, 3.63) is 34.9 Å². The molecule has 25 heavy (non-hydrogen) atoms. The van der Waals surface area contributed by atoms with Crippen LogP contribution >= 0.6 is 23.4 Å². The molecule has 0 fully saturated rings. The Hall–Kier alpha value is -1.73. The van der Waals surface area contributed by atoms with Gasteiger partial charge in [-0.25, -0.2) is 0 Å². The van der Waals surface area contributed by atoms with E-state index in [4.69, 9.17) is 16.7 Å². The van der Waals surface area contributed by atoms with E-state index in [0.717, 1.165) is 0 Å². The molecular formula is C17H23ClN2O4S. The predicted molar refractivity (Wildman–Crippen MR) is 100 cm³/mol. The molecule has 0 aliphatic rings. The number of carbonyl (C=O) groups is 3. The van der Waals surface area contributed by atoms with Crippen LogP contribution in [0.1, 0.15) is 30.6 Å². The molecule has 0 aliphatic heterocycles. The first kappa shape index (κ1) is 21.3. The fourth-order valence-electron chi connectivity index (χ4n) is 1.89. The molecular weight excluding hydrogens is 364 g/mol. The number of amides is 2. The minimum atomic E-state index is -1.09. The van der Waals surface area contributed by atoms with Gasteiger partial charge in [-0.2, -0.15) is 11.8 Å². The fraction of sp³-hybridized carbons (Fsp3) is 0.471. The van der Waals surface area contributed by atoms with Gasteiger partial charge in [0.25, 0.3) is 5.91 Å². The Kier molecular flexibility index (Phi) is 8.25. The highest BCUT2D eigenvalue weighted by Crippen LogP contribution is 2.16. The maximum absolute atomic E-state index is 12.4. The third-order valence-corrected chi connectivity index (χ3v) is 4.61. The highest BCUT2D eigenvalue weighted by molar-refractivity contribution is 7.98. The van der Waals surface area contributed by atoms with Crippen LogP contribution in [-0.2, 0) is 9.59 Å². The van der Waals surface area contributed by atoms with Crippen LogP contribution in [0.2, 0.25) is 5.02 Å². The van der Waals surface area contributed by atoms with Gasteiger partial charge < -0.3 is 15.7 Å². The van der Waals surface area contributed by atoms with E-state index < -0.39 is 29.2 Å². The summed E-state index contributed by atoms with van der Waals surface area (Å²) in [4.78, 5) is 35.9. The van der Waals surface area contributed by atoms with Crippen LogP contribution in [0.15, 0.2) is 24.3 Å². The molecule has 0 saturated carbocycles. The van der Waals surface area contributed by atoms with Gasteiger partial charge in [0.2, 0.25) is 5.91 Å². The van der Waals surface area contributed by atoms with Crippen molar-refractivity contribution in [1.29, 1.82) is 0 Å². The van der Waals surface area contributed by atoms with Crippen LogP contribution in [0.4, 0.5) is 0 Å². The molecule has 0 saturated heterocycles. The van der Waals surface area contributed by atoms with Crippen molar-refractivity contribution in [2.75, 3.05) is 18.6 Å². The molecule has 8 heteroatoms. The van der Waals surface area contributed by atoms with E-state index in [2.05, 4.69) is 10.6 Å². The van der Waals surface area contributed by atoms with E-state index in [-0.39, 0.29) is 12.1 Å². The molecule has 6 nitrogen and oxygen atoms in total. The molecule has 1 aromatic rings. The second-order valence-electron chi connectivity index (χ2n) is 6.19. The van der Waals surface area contributed by atoms with Gasteiger partial charge >= 0.3 is 5.97 Å². The van der Waals surface area contributed by atoms with Gasteiger partial charge in [-0.15, -0.1) is 0 Å². The van der Waals surface area contributed by atoms with Crippen LogP contribution in [0.25, 0.3) is 0 Å². The van der Waals surface area contributed by atoms with E-state index in [1.54, 1.807) is 36.0 Å². The number of hydrogen-bond acceptors (Lipinski definition) is 4. The number of carboxylic acid groups (broad SMARTS) is 1. The Morgan fingerprint density at radius 2 is 1.92 bits per heavy atom. The minimum Gasteiger partial charge on any atom is -0.481 e. The van der Waals surface area contributed by atoms with E-state index in [9.17, 15) is 14.4 Å². The lowest BCUT2D eigenvalue weighted by molar-refractivity contribution is -0.146. The summed E-state index contributed by atoms with van der Waals surface area (Å²) in [5, 5.41) is 14.7. The monoisotopic (exact) mass is 386 g/mol. The molecule has 1 atom stereocenters. The summed E-state index contributed by atoms with van der Waals surface area (Å²) in [5.74, 6) is -1.19. The lowest BCUT2D eigenvalue weighted by Crippen LogP contribution is -2.50. The standard InChI is InChI=1S/C17H23ClN2O4S/c1-17(2,16(23)24)10-19-15(22)13(8-9-25-3)20-14(21)11-6-4-5-7-12(11)18/h4-7,13H,8-10H2,1-3H3,(H,19,22)(H,20,21)(H,23,24). The number of aliphatic carboxylic acids is 1. The Labute approximate surface area is 156 Å². The molecule has 138 valence electrons. The second-order valence-corrected chi connectivity index (χ2v) is 7.59. The zero-order valence-electron chi connectivity index (χ0n) is 14.5. The van der Waals surface area contributed by atoms with Crippen LogP contribution in [0, 0.1) is 5.41 Å². The average molecular weight is 387 g/mol. The van der Waals surface area contributed by atoms with Gasteiger partial charge in [-0.3, -0.25) is 14.4 Å². The third-order valence-electron chi connectivity index (χ3n) is 3.63. The normalized spacial score (nSPS) is 12.3. The summed E-state index contributed by atoms with van der Waals surface area (Å²) < 4.78 is 0. The van der Waals surface area contributed by atoms with Gasteiger partial charge in [-0.05, 0) is 44.4 Å². The van der Waals surface area contributed by atoms with Crippen molar-refractivity contribution in [3.8, 4) is 0 Å². The minimum absolute atomic E-state index is 0.0289. The van der Waals surface area contributed by atoms with E-state index >= 15 is 0 Å². The number of halogens is 1. The topological polar surface area (TPSA) is 95.5 Å². The molecule has 3 N–H and O–H groups in total. The van der Waals surface area contributed by atoms with Crippen LogP contribution in [0.3, 0.4) is 0 Å². The van der Waals surface area contributed by atoms with Crippen molar-refractivity contribution >= 4 is 41.1 Å². The van der Waals surface area contributed by atoms with Gasteiger partial charge in [0.05, 0.1) is 16.0 Å². The number of nitrogens with one attached hydrogen (secondary N) is 2. The number of hydrogen-bond donors (Lipinski definition) is 3. The Morgan fingerprint density at radius 3 is 2.48 bits per heavy atom. The first-order valence-corrected chi connectivity index (χ1v) is 9.51. The molecule has 1 unspecified atom stereocenters. The summed E-state index contributed by atoms with van der Waals surface area (Å²) in [6.07, 6.45) is 2.33. The average Bonchev–Trinajstić information content (AvgIpc) is 2.56. The quantitative estimate of drug-likeness (QED) is 0.605. The maximum atomic E-state index is 12.4. The highest BCUT2D eigenvalue weighted by Gasteiger charge is 2.29. The molecule has 0 aliphatic carbocycles. The molecule has 0 spiro atoms. The first-order valence-electron chi connectivity index (χ1n) is 7.74. The largest absolute Gasteiger partial charge is 0.481 e. The molecule has 1 aromatic carbocycles. The zero-order valence-corrected chi connectivity index (χ0v) is 16.0. The number of carbonyl (C=O) groups excluding carboxylic acids is 2.